The van der Waals surface area contributed by atoms with Gasteiger partial charge in [-0.25, -0.2) is 14.6 Å². The van der Waals surface area contributed by atoms with Crippen LogP contribution in [0.2, 0.25) is 5.02 Å². The number of hydrogen-bond donors (Lipinski definition) is 2. The van der Waals surface area contributed by atoms with Crippen LogP contribution in [0.3, 0.4) is 0 Å². The molecule has 11 heteroatoms. The number of benzene rings is 1. The third-order valence-electron chi connectivity index (χ3n) is 6.42. The van der Waals surface area contributed by atoms with E-state index in [1.807, 2.05) is 0 Å². The van der Waals surface area contributed by atoms with E-state index in [1.165, 1.54) is 7.11 Å². The molecule has 2 amide bonds. The fraction of sp³-hybridized carbons (Fsp3) is 0.536. The zero-order chi connectivity index (χ0) is 28.7. The molecule has 2 aromatic rings. The van der Waals surface area contributed by atoms with Gasteiger partial charge in [0.2, 0.25) is 5.91 Å². The topological polar surface area (TPSA) is 131 Å². The lowest BCUT2D eigenvalue weighted by Crippen LogP contribution is -2.45. The van der Waals surface area contributed by atoms with Gasteiger partial charge in [0.25, 0.3) is 5.56 Å². The molecule has 0 saturated carbocycles. The number of aromatic amines is 1. The molecule has 10 nitrogen and oxygen atoms in total. The first-order chi connectivity index (χ1) is 18.4. The lowest BCUT2D eigenvalue weighted by Gasteiger charge is -2.34. The van der Waals surface area contributed by atoms with E-state index < -0.39 is 23.7 Å². The van der Waals surface area contributed by atoms with E-state index in [0.29, 0.717) is 28.6 Å². The Morgan fingerprint density at radius 3 is 2.54 bits per heavy atom. The van der Waals surface area contributed by atoms with Crippen molar-refractivity contribution in [2.45, 2.75) is 83.9 Å². The van der Waals surface area contributed by atoms with Gasteiger partial charge in [-0.2, -0.15) is 0 Å². The molecule has 3 rings (SSSR count). The number of nitrogens with zero attached hydrogens (tertiary/aromatic N) is 2. The second kappa shape index (κ2) is 13.1. The Morgan fingerprint density at radius 2 is 1.92 bits per heavy atom. The second-order valence-corrected chi connectivity index (χ2v) is 11.1. The predicted molar refractivity (Wildman–Crippen MR) is 147 cm³/mol. The summed E-state index contributed by atoms with van der Waals surface area (Å²) in [4.78, 5) is 60.2. The molecule has 0 aliphatic carbocycles. The molecule has 0 saturated heterocycles. The van der Waals surface area contributed by atoms with Crippen molar-refractivity contribution in [1.82, 2.24) is 20.2 Å². The minimum absolute atomic E-state index is 0.0256. The molecule has 2 N–H and O–H groups in total. The SMILES string of the molecule is CCCCC1CN(C(=O)CC[C@@H](NC(=O)OC(C)(C)C)C(=O)OC)Cc2c1nc(-c1ccc(Cl)cc1)[nH]c2=O. The lowest BCUT2D eigenvalue weighted by molar-refractivity contribution is -0.143. The number of carbonyl (C=O) groups is 3. The zero-order valence-corrected chi connectivity index (χ0v) is 23.9. The number of halogens is 1. The fourth-order valence-electron chi connectivity index (χ4n) is 4.49. The molecule has 0 bridgehead atoms. The molecule has 1 aliphatic rings. The van der Waals surface area contributed by atoms with Crippen molar-refractivity contribution in [2.24, 2.45) is 0 Å². The average molecular weight is 561 g/mol. The number of alkyl carbamates (subject to hydrolysis) is 1. The number of hydrogen-bond acceptors (Lipinski definition) is 7. The number of H-pyrrole nitrogens is 1. The first-order valence-corrected chi connectivity index (χ1v) is 13.5. The van der Waals surface area contributed by atoms with Crippen LogP contribution in [0, 0.1) is 0 Å². The largest absolute Gasteiger partial charge is 0.467 e. The van der Waals surface area contributed by atoms with E-state index in [0.717, 1.165) is 24.8 Å². The van der Waals surface area contributed by atoms with Crippen molar-refractivity contribution in [3.63, 3.8) is 0 Å². The molecule has 1 aromatic heterocycles. The minimum atomic E-state index is -1.05. The summed E-state index contributed by atoms with van der Waals surface area (Å²) < 4.78 is 10.0. The van der Waals surface area contributed by atoms with Crippen LogP contribution in [0.1, 0.15) is 77.0 Å². The average Bonchev–Trinajstić information content (AvgIpc) is 2.88. The molecule has 0 fully saturated rings. The highest BCUT2D eigenvalue weighted by molar-refractivity contribution is 6.30. The first kappa shape index (κ1) is 30.1. The number of aromatic nitrogens is 2. The zero-order valence-electron chi connectivity index (χ0n) is 23.1. The van der Waals surface area contributed by atoms with Crippen LogP contribution in [0.15, 0.2) is 29.1 Å². The van der Waals surface area contributed by atoms with E-state index in [9.17, 15) is 19.2 Å². The number of ether oxygens (including phenoxy) is 2. The summed E-state index contributed by atoms with van der Waals surface area (Å²) in [5.74, 6) is -0.551. The highest BCUT2D eigenvalue weighted by atomic mass is 35.5. The van der Waals surface area contributed by atoms with Crippen molar-refractivity contribution in [1.29, 1.82) is 0 Å². The number of nitrogens with one attached hydrogen (secondary N) is 2. The van der Waals surface area contributed by atoms with Crippen LogP contribution in [-0.2, 0) is 25.6 Å². The van der Waals surface area contributed by atoms with Gasteiger partial charge in [-0.1, -0.05) is 31.4 Å². The van der Waals surface area contributed by atoms with Crippen molar-refractivity contribution in [2.75, 3.05) is 13.7 Å². The quantitative estimate of drug-likeness (QED) is 0.430. The Morgan fingerprint density at radius 1 is 1.23 bits per heavy atom. The number of esters is 1. The maximum Gasteiger partial charge on any atom is 0.408 e. The summed E-state index contributed by atoms with van der Waals surface area (Å²) in [7, 11) is 1.21. The van der Waals surface area contributed by atoms with Crippen molar-refractivity contribution < 1.29 is 23.9 Å². The maximum absolute atomic E-state index is 13.3. The number of methoxy groups -OCH3 is 1. The van der Waals surface area contributed by atoms with Crippen molar-refractivity contribution in [3.8, 4) is 11.4 Å². The molecule has 1 aliphatic heterocycles. The van der Waals surface area contributed by atoms with Gasteiger partial charge in [0, 0.05) is 29.5 Å². The summed E-state index contributed by atoms with van der Waals surface area (Å²) in [6.45, 7) is 7.74. The van der Waals surface area contributed by atoms with E-state index in [2.05, 4.69) is 17.2 Å². The summed E-state index contributed by atoms with van der Waals surface area (Å²) in [5, 5.41) is 3.08. The van der Waals surface area contributed by atoms with E-state index in [-0.39, 0.29) is 36.8 Å². The molecule has 1 aromatic carbocycles. The van der Waals surface area contributed by atoms with E-state index >= 15 is 0 Å². The van der Waals surface area contributed by atoms with Gasteiger partial charge in [0.15, 0.2) is 0 Å². The smallest absolute Gasteiger partial charge is 0.408 e. The van der Waals surface area contributed by atoms with Crippen molar-refractivity contribution in [3.05, 3.63) is 50.9 Å². The van der Waals surface area contributed by atoms with E-state index in [4.69, 9.17) is 26.1 Å². The normalized spacial score (nSPS) is 15.7. The summed E-state index contributed by atoms with van der Waals surface area (Å²) in [6, 6.07) is 6.04. The van der Waals surface area contributed by atoms with Gasteiger partial charge < -0.3 is 24.7 Å². The minimum Gasteiger partial charge on any atom is -0.467 e. The molecular weight excluding hydrogens is 524 g/mol. The van der Waals surface area contributed by atoms with Crippen LogP contribution in [0.4, 0.5) is 4.79 Å². The molecular formula is C28H37ClN4O6. The predicted octanol–water partition coefficient (Wildman–Crippen LogP) is 4.55. The molecule has 2 heterocycles. The second-order valence-electron chi connectivity index (χ2n) is 10.7. The van der Waals surface area contributed by atoms with Crippen LogP contribution in [-0.4, -0.2) is 58.1 Å². The van der Waals surface area contributed by atoms with Gasteiger partial charge in [0.1, 0.15) is 17.5 Å². The highest BCUT2D eigenvalue weighted by Gasteiger charge is 2.33. The summed E-state index contributed by atoms with van der Waals surface area (Å²) >= 11 is 6.01. The standard InChI is InChI=1S/C28H37ClN4O6/c1-6-7-8-18-15-33(22(34)14-13-21(26(36)38-5)30-27(37)39-28(2,3)4)16-20-23(18)31-24(32-25(20)35)17-9-11-19(29)12-10-17/h9-12,18,21H,6-8,13-16H2,1-5H3,(H,30,37)(H,31,32,35)/t18?,21-/m1/s1. The van der Waals surface area contributed by atoms with Crippen LogP contribution in [0.5, 0.6) is 0 Å². The Kier molecular flexibility index (Phi) is 10.1. The van der Waals surface area contributed by atoms with Crippen LogP contribution < -0.4 is 10.9 Å². The Hall–Kier alpha value is -3.40. The van der Waals surface area contributed by atoms with Crippen LogP contribution >= 0.6 is 11.6 Å². The molecule has 0 spiro atoms. The van der Waals surface area contributed by atoms with Gasteiger partial charge in [-0.05, 0) is 57.9 Å². The number of fused-ring (bicyclic) bond motifs is 1. The summed E-state index contributed by atoms with van der Waals surface area (Å²) in [5.41, 5.74) is 0.885. The Bertz CT molecular complexity index is 1240. The number of unbranched alkanes of at least 4 members (excludes halogenated alkanes) is 1. The number of rotatable bonds is 9. The maximum atomic E-state index is 13.3. The third kappa shape index (κ3) is 8.29. The van der Waals surface area contributed by atoms with Gasteiger partial charge in [-0.3, -0.25) is 9.59 Å². The fourth-order valence-corrected chi connectivity index (χ4v) is 4.62. The van der Waals surface area contributed by atoms with Crippen molar-refractivity contribution >= 4 is 29.6 Å². The molecule has 2 atom stereocenters. The first-order valence-electron chi connectivity index (χ1n) is 13.2. The molecule has 212 valence electrons. The molecule has 1 unspecified atom stereocenters. The number of carbonyl (C=O) groups excluding carboxylic acids is 3. The van der Waals surface area contributed by atoms with Crippen LogP contribution in [0.25, 0.3) is 11.4 Å². The molecule has 39 heavy (non-hydrogen) atoms. The lowest BCUT2D eigenvalue weighted by atomic mass is 9.90. The number of amides is 2. The van der Waals surface area contributed by atoms with Gasteiger partial charge in [0.05, 0.1) is 24.9 Å². The monoisotopic (exact) mass is 560 g/mol. The Labute approximate surface area is 233 Å². The highest BCUT2D eigenvalue weighted by Crippen LogP contribution is 2.31. The molecule has 0 radical (unpaired) electrons. The van der Waals surface area contributed by atoms with E-state index in [1.54, 1.807) is 49.9 Å². The van der Waals surface area contributed by atoms with Gasteiger partial charge in [-0.15, -0.1) is 0 Å². The summed E-state index contributed by atoms with van der Waals surface area (Å²) in [6.07, 6.45) is 1.88. The Balaban J connectivity index is 1.78. The van der Waals surface area contributed by atoms with Gasteiger partial charge >= 0.3 is 12.1 Å². The third-order valence-corrected chi connectivity index (χ3v) is 6.68.